The standard InChI is InChI=1S/C18H19F6N5O/c1-8-7-28-16(26-27-17(28)18(22,23)24)9(2)29(8)15(30)5-11(25)3-10-4-13(20)14(21)6-12(10)19/h4,6,8-9,11H,3,5,7,25H2,1-2H3. The lowest BCUT2D eigenvalue weighted by Crippen LogP contribution is -2.49. The molecule has 0 radical (unpaired) electrons. The van der Waals surface area contributed by atoms with Crippen molar-refractivity contribution in [3.63, 3.8) is 0 Å². The first-order chi connectivity index (χ1) is 13.9. The monoisotopic (exact) mass is 435 g/mol. The minimum Gasteiger partial charge on any atom is -0.328 e. The number of hydrogen-bond acceptors (Lipinski definition) is 4. The molecule has 1 aromatic heterocycles. The van der Waals surface area contributed by atoms with Gasteiger partial charge in [-0.2, -0.15) is 13.2 Å². The Kier molecular flexibility index (Phi) is 5.81. The number of rotatable bonds is 4. The Morgan fingerprint density at radius 3 is 2.43 bits per heavy atom. The molecule has 1 aliphatic rings. The smallest absolute Gasteiger partial charge is 0.328 e. The molecule has 0 spiro atoms. The zero-order valence-electron chi connectivity index (χ0n) is 16.1. The first-order valence-electron chi connectivity index (χ1n) is 9.10. The lowest BCUT2D eigenvalue weighted by atomic mass is 10.0. The van der Waals surface area contributed by atoms with Gasteiger partial charge in [0, 0.05) is 31.1 Å². The highest BCUT2D eigenvalue weighted by Gasteiger charge is 2.43. The summed E-state index contributed by atoms with van der Waals surface area (Å²) >= 11 is 0. The van der Waals surface area contributed by atoms with Crippen LogP contribution in [-0.2, 0) is 23.9 Å². The largest absolute Gasteiger partial charge is 0.451 e. The van der Waals surface area contributed by atoms with E-state index >= 15 is 0 Å². The SMILES string of the molecule is CC1Cn2c(nnc2C(F)(F)F)C(C)N1C(=O)CC(N)Cc1cc(F)c(F)cc1F. The minimum absolute atomic E-state index is 0.00556. The predicted octanol–water partition coefficient (Wildman–Crippen LogP) is 2.97. The number of amides is 1. The quantitative estimate of drug-likeness (QED) is 0.592. The number of fused-ring (bicyclic) bond motifs is 1. The Bertz CT molecular complexity index is 959. The van der Waals surface area contributed by atoms with Crippen LogP contribution in [0.15, 0.2) is 12.1 Å². The van der Waals surface area contributed by atoms with Gasteiger partial charge in [0.15, 0.2) is 17.5 Å². The van der Waals surface area contributed by atoms with Crippen molar-refractivity contribution >= 4 is 5.91 Å². The van der Waals surface area contributed by atoms with E-state index in [2.05, 4.69) is 10.2 Å². The highest BCUT2D eigenvalue weighted by Crippen LogP contribution is 2.34. The molecule has 0 bridgehead atoms. The van der Waals surface area contributed by atoms with Gasteiger partial charge in [-0.05, 0) is 31.9 Å². The van der Waals surface area contributed by atoms with E-state index in [1.807, 2.05) is 0 Å². The highest BCUT2D eigenvalue weighted by molar-refractivity contribution is 5.77. The van der Waals surface area contributed by atoms with E-state index in [4.69, 9.17) is 5.73 Å². The van der Waals surface area contributed by atoms with Crippen molar-refractivity contribution in [2.75, 3.05) is 0 Å². The number of aromatic nitrogens is 3. The third-order valence-electron chi connectivity index (χ3n) is 5.04. The third-order valence-corrected chi connectivity index (χ3v) is 5.04. The van der Waals surface area contributed by atoms with Crippen LogP contribution in [0.25, 0.3) is 0 Å². The second kappa shape index (κ2) is 7.89. The molecular weight excluding hydrogens is 416 g/mol. The molecule has 164 valence electrons. The van der Waals surface area contributed by atoms with E-state index < -0.39 is 53.5 Å². The maximum absolute atomic E-state index is 13.8. The van der Waals surface area contributed by atoms with Gasteiger partial charge in [-0.15, -0.1) is 10.2 Å². The molecule has 2 N–H and O–H groups in total. The summed E-state index contributed by atoms with van der Waals surface area (Å²) in [7, 11) is 0. The molecule has 1 aromatic carbocycles. The molecule has 2 aromatic rings. The number of halogens is 6. The predicted molar refractivity (Wildman–Crippen MR) is 92.4 cm³/mol. The van der Waals surface area contributed by atoms with Crippen molar-refractivity contribution in [3.8, 4) is 0 Å². The zero-order chi connectivity index (χ0) is 22.4. The Morgan fingerprint density at radius 2 is 1.80 bits per heavy atom. The molecule has 2 heterocycles. The second-order valence-electron chi connectivity index (χ2n) is 7.34. The number of carbonyl (C=O) groups excluding carboxylic acids is 1. The van der Waals surface area contributed by atoms with Crippen LogP contribution < -0.4 is 5.73 Å². The van der Waals surface area contributed by atoms with Gasteiger partial charge in [0.25, 0.3) is 0 Å². The molecule has 0 saturated carbocycles. The fourth-order valence-electron chi connectivity index (χ4n) is 3.74. The maximum atomic E-state index is 13.8. The summed E-state index contributed by atoms with van der Waals surface area (Å²) in [6.07, 6.45) is -5.17. The summed E-state index contributed by atoms with van der Waals surface area (Å²) in [6.45, 7) is 2.95. The van der Waals surface area contributed by atoms with E-state index in [1.54, 1.807) is 6.92 Å². The first kappa shape index (κ1) is 22.1. The van der Waals surface area contributed by atoms with Crippen LogP contribution in [-0.4, -0.2) is 37.7 Å². The van der Waals surface area contributed by atoms with Gasteiger partial charge in [-0.3, -0.25) is 4.79 Å². The summed E-state index contributed by atoms with van der Waals surface area (Å²) in [5.41, 5.74) is 5.73. The van der Waals surface area contributed by atoms with Gasteiger partial charge < -0.3 is 15.2 Å². The van der Waals surface area contributed by atoms with Crippen LogP contribution in [0.3, 0.4) is 0 Å². The van der Waals surface area contributed by atoms with Crippen molar-refractivity contribution in [1.82, 2.24) is 19.7 Å². The summed E-state index contributed by atoms with van der Waals surface area (Å²) in [6, 6.07) is -1.23. The first-order valence-corrected chi connectivity index (χ1v) is 9.10. The van der Waals surface area contributed by atoms with Gasteiger partial charge >= 0.3 is 6.18 Å². The molecule has 1 amide bonds. The van der Waals surface area contributed by atoms with Crippen LogP contribution >= 0.6 is 0 Å². The Balaban J connectivity index is 1.74. The van der Waals surface area contributed by atoms with Gasteiger partial charge in [-0.1, -0.05) is 0 Å². The number of nitrogens with zero attached hydrogens (tertiary/aromatic N) is 4. The molecule has 3 rings (SSSR count). The molecule has 0 fully saturated rings. The number of hydrogen-bond donors (Lipinski definition) is 1. The van der Waals surface area contributed by atoms with E-state index in [-0.39, 0.29) is 30.8 Å². The summed E-state index contributed by atoms with van der Waals surface area (Å²) in [5.74, 6) is -5.16. The lowest BCUT2D eigenvalue weighted by Gasteiger charge is -2.39. The fourth-order valence-corrected chi connectivity index (χ4v) is 3.74. The van der Waals surface area contributed by atoms with Gasteiger partial charge in [0.05, 0.1) is 6.04 Å². The Morgan fingerprint density at radius 1 is 1.17 bits per heavy atom. The molecule has 0 saturated heterocycles. The Hall–Kier alpha value is -2.63. The average molecular weight is 435 g/mol. The lowest BCUT2D eigenvalue weighted by molar-refractivity contribution is -0.149. The molecular formula is C18H19F6N5O. The number of alkyl halides is 3. The molecule has 3 unspecified atom stereocenters. The van der Waals surface area contributed by atoms with Crippen molar-refractivity contribution in [1.29, 1.82) is 0 Å². The van der Waals surface area contributed by atoms with Crippen LogP contribution in [0.1, 0.15) is 43.5 Å². The van der Waals surface area contributed by atoms with Crippen LogP contribution in [0.5, 0.6) is 0 Å². The number of benzene rings is 1. The average Bonchev–Trinajstić information content (AvgIpc) is 3.03. The van der Waals surface area contributed by atoms with E-state index in [0.29, 0.717) is 12.1 Å². The zero-order valence-corrected chi connectivity index (χ0v) is 16.1. The fraction of sp³-hybridized carbons (Fsp3) is 0.500. The molecule has 0 aliphatic carbocycles. The molecule has 3 atom stereocenters. The van der Waals surface area contributed by atoms with Gasteiger partial charge in [-0.25, -0.2) is 13.2 Å². The summed E-state index contributed by atoms with van der Waals surface area (Å²) < 4.78 is 80.4. The maximum Gasteiger partial charge on any atom is 0.451 e. The van der Waals surface area contributed by atoms with Crippen molar-refractivity contribution in [3.05, 3.63) is 46.8 Å². The molecule has 30 heavy (non-hydrogen) atoms. The molecule has 12 heteroatoms. The van der Waals surface area contributed by atoms with Crippen LogP contribution in [0.4, 0.5) is 26.3 Å². The van der Waals surface area contributed by atoms with Gasteiger partial charge in [0.2, 0.25) is 11.7 Å². The second-order valence-corrected chi connectivity index (χ2v) is 7.34. The van der Waals surface area contributed by atoms with Crippen molar-refractivity contribution in [2.45, 2.75) is 57.5 Å². The minimum atomic E-state index is -4.67. The summed E-state index contributed by atoms with van der Waals surface area (Å²) in [4.78, 5) is 14.1. The van der Waals surface area contributed by atoms with E-state index in [1.165, 1.54) is 11.8 Å². The normalized spacial score (nSPS) is 20.2. The van der Waals surface area contributed by atoms with Crippen LogP contribution in [0, 0.1) is 17.5 Å². The van der Waals surface area contributed by atoms with Gasteiger partial charge in [0.1, 0.15) is 5.82 Å². The third kappa shape index (κ3) is 4.13. The number of carbonyl (C=O) groups is 1. The Labute approximate surface area is 167 Å². The van der Waals surface area contributed by atoms with E-state index in [9.17, 15) is 31.1 Å². The summed E-state index contributed by atoms with van der Waals surface area (Å²) in [5, 5.41) is 6.80. The molecule has 6 nitrogen and oxygen atoms in total. The van der Waals surface area contributed by atoms with E-state index in [0.717, 1.165) is 4.57 Å². The number of nitrogens with two attached hydrogens (primary N) is 1. The van der Waals surface area contributed by atoms with Crippen molar-refractivity contribution in [2.24, 2.45) is 5.73 Å². The van der Waals surface area contributed by atoms with Crippen molar-refractivity contribution < 1.29 is 31.1 Å². The molecule has 1 aliphatic heterocycles. The topological polar surface area (TPSA) is 77.0 Å². The highest BCUT2D eigenvalue weighted by atomic mass is 19.4. The van der Waals surface area contributed by atoms with Crippen LogP contribution in [0.2, 0.25) is 0 Å².